The molecule has 0 unspecified atom stereocenters. The predicted molar refractivity (Wildman–Crippen MR) is 127 cm³/mol. The van der Waals surface area contributed by atoms with E-state index >= 15 is 0 Å². The van der Waals surface area contributed by atoms with Crippen LogP contribution >= 0.6 is 0 Å². The van der Waals surface area contributed by atoms with Gasteiger partial charge in [0.15, 0.2) is 0 Å². The molecule has 0 radical (unpaired) electrons. The number of allylic oxidation sites excluding steroid dienone is 1. The van der Waals surface area contributed by atoms with Crippen LogP contribution in [0.5, 0.6) is 0 Å². The molecule has 4 heteroatoms. The summed E-state index contributed by atoms with van der Waals surface area (Å²) in [5, 5.41) is 3.05. The molecule has 1 N–H and O–H groups in total. The van der Waals surface area contributed by atoms with E-state index in [-0.39, 0.29) is 5.91 Å². The molecule has 4 aromatic rings. The molecule has 0 spiro atoms. The van der Waals surface area contributed by atoms with E-state index in [0.29, 0.717) is 13.0 Å². The maximum atomic E-state index is 12.6. The average Bonchev–Trinajstić information content (AvgIpc) is 3.12. The number of hydrogen-bond donors (Lipinski definition) is 1. The highest BCUT2D eigenvalue weighted by Gasteiger charge is 2.12. The van der Waals surface area contributed by atoms with Crippen LogP contribution in [0.2, 0.25) is 0 Å². The van der Waals surface area contributed by atoms with Crippen LogP contribution in [0.3, 0.4) is 0 Å². The van der Waals surface area contributed by atoms with E-state index in [1.807, 2.05) is 68.4 Å². The summed E-state index contributed by atoms with van der Waals surface area (Å²) in [6.07, 6.45) is 4.95. The second-order valence-electron chi connectivity index (χ2n) is 7.76. The topological polar surface area (TPSA) is 46.9 Å². The Morgan fingerprint density at radius 1 is 1.00 bits per heavy atom. The maximum absolute atomic E-state index is 12.6. The van der Waals surface area contributed by atoms with E-state index in [1.165, 1.54) is 5.56 Å². The van der Waals surface area contributed by atoms with Crippen molar-refractivity contribution in [1.29, 1.82) is 0 Å². The summed E-state index contributed by atoms with van der Waals surface area (Å²) in [6, 6.07) is 24.3. The highest BCUT2D eigenvalue weighted by Crippen LogP contribution is 2.17. The van der Waals surface area contributed by atoms with Gasteiger partial charge < -0.3 is 9.88 Å². The zero-order valence-corrected chi connectivity index (χ0v) is 18.0. The van der Waals surface area contributed by atoms with Crippen LogP contribution in [0.4, 0.5) is 0 Å². The quantitative estimate of drug-likeness (QED) is 0.448. The van der Waals surface area contributed by atoms with Crippen molar-refractivity contribution in [3.63, 3.8) is 0 Å². The molecule has 1 heterocycles. The minimum absolute atomic E-state index is 0.0378. The molecule has 0 atom stereocenters. The van der Waals surface area contributed by atoms with E-state index in [4.69, 9.17) is 4.98 Å². The van der Waals surface area contributed by atoms with E-state index in [0.717, 1.165) is 40.1 Å². The van der Waals surface area contributed by atoms with Gasteiger partial charge in [0.25, 0.3) is 5.91 Å². The zero-order chi connectivity index (χ0) is 21.6. The van der Waals surface area contributed by atoms with Crippen molar-refractivity contribution in [2.24, 2.45) is 0 Å². The van der Waals surface area contributed by atoms with Crippen molar-refractivity contribution in [3.8, 4) is 0 Å². The number of aryl methyl sites for hydroxylation is 2. The van der Waals surface area contributed by atoms with Crippen LogP contribution in [0, 0.1) is 13.8 Å². The van der Waals surface area contributed by atoms with Gasteiger partial charge in [-0.2, -0.15) is 0 Å². The number of hydrogen-bond acceptors (Lipinski definition) is 2. The van der Waals surface area contributed by atoms with Crippen molar-refractivity contribution in [3.05, 3.63) is 107 Å². The summed E-state index contributed by atoms with van der Waals surface area (Å²) in [6.45, 7) is 5.28. The van der Waals surface area contributed by atoms with Gasteiger partial charge in [-0.1, -0.05) is 72.3 Å². The molecule has 0 aliphatic carbocycles. The largest absolute Gasteiger partial charge is 0.352 e. The van der Waals surface area contributed by atoms with Crippen molar-refractivity contribution < 1.29 is 4.79 Å². The van der Waals surface area contributed by atoms with Crippen molar-refractivity contribution in [1.82, 2.24) is 14.9 Å². The summed E-state index contributed by atoms with van der Waals surface area (Å²) in [4.78, 5) is 17.4. The van der Waals surface area contributed by atoms with E-state index in [2.05, 4.69) is 40.2 Å². The Labute approximate surface area is 183 Å². The molecular formula is C27H27N3O. The molecule has 0 saturated carbocycles. The lowest BCUT2D eigenvalue weighted by Gasteiger charge is -2.10. The van der Waals surface area contributed by atoms with Gasteiger partial charge in [0.2, 0.25) is 0 Å². The first-order chi connectivity index (χ1) is 15.1. The number of carbonyl (C=O) groups excluding carboxylic acids is 1. The highest BCUT2D eigenvalue weighted by atomic mass is 16.1. The Morgan fingerprint density at radius 2 is 1.77 bits per heavy atom. The number of rotatable bonds is 7. The average molecular weight is 410 g/mol. The first kappa shape index (κ1) is 20.6. The number of amides is 1. The van der Waals surface area contributed by atoms with Crippen molar-refractivity contribution >= 4 is 23.0 Å². The molecule has 0 fully saturated rings. The number of benzene rings is 3. The number of imidazole rings is 1. The monoisotopic (exact) mass is 409 g/mol. The van der Waals surface area contributed by atoms with Crippen molar-refractivity contribution in [2.45, 2.75) is 26.8 Å². The van der Waals surface area contributed by atoms with E-state index in [1.54, 1.807) is 0 Å². The number of nitrogens with zero attached hydrogens (tertiary/aromatic N) is 2. The normalized spacial score (nSPS) is 11.3. The van der Waals surface area contributed by atoms with Gasteiger partial charge in [-0.05, 0) is 43.2 Å². The van der Waals surface area contributed by atoms with Gasteiger partial charge in [0.05, 0.1) is 11.0 Å². The van der Waals surface area contributed by atoms with Gasteiger partial charge >= 0.3 is 0 Å². The fourth-order valence-electron chi connectivity index (χ4n) is 3.83. The minimum Gasteiger partial charge on any atom is -0.352 e. The summed E-state index contributed by atoms with van der Waals surface area (Å²) >= 11 is 0. The molecule has 4 rings (SSSR count). The first-order valence-corrected chi connectivity index (χ1v) is 10.6. The van der Waals surface area contributed by atoms with Crippen LogP contribution in [-0.2, 0) is 13.0 Å². The first-order valence-electron chi connectivity index (χ1n) is 10.6. The molecule has 1 amide bonds. The summed E-state index contributed by atoms with van der Waals surface area (Å²) in [5.41, 5.74) is 6.14. The van der Waals surface area contributed by atoms with Crippen LogP contribution in [-0.4, -0.2) is 22.0 Å². The molecule has 156 valence electrons. The molecule has 0 aliphatic rings. The number of para-hydroxylation sites is 2. The van der Waals surface area contributed by atoms with Gasteiger partial charge in [-0.15, -0.1) is 0 Å². The fourth-order valence-corrected chi connectivity index (χ4v) is 3.83. The summed E-state index contributed by atoms with van der Waals surface area (Å²) in [5.74, 6) is 0.934. The molecule has 31 heavy (non-hydrogen) atoms. The van der Waals surface area contributed by atoms with Gasteiger partial charge in [-0.25, -0.2) is 4.98 Å². The Kier molecular flexibility index (Phi) is 6.27. The zero-order valence-electron chi connectivity index (χ0n) is 18.0. The van der Waals surface area contributed by atoms with Gasteiger partial charge in [0.1, 0.15) is 5.82 Å². The van der Waals surface area contributed by atoms with Crippen LogP contribution in [0.1, 0.15) is 32.9 Å². The predicted octanol–water partition coefficient (Wildman–Crippen LogP) is 5.34. The molecule has 0 saturated heterocycles. The van der Waals surface area contributed by atoms with Crippen LogP contribution < -0.4 is 5.32 Å². The molecule has 0 aliphatic heterocycles. The SMILES string of the molecule is Cc1ccc(C(=O)NCCc2nc3ccccc3n2C/C=C/c2ccccc2)c(C)c1. The molecule has 0 bridgehead atoms. The van der Waals surface area contributed by atoms with E-state index < -0.39 is 0 Å². The fraction of sp³-hybridized carbons (Fsp3) is 0.185. The van der Waals surface area contributed by atoms with E-state index in [9.17, 15) is 4.79 Å². The smallest absolute Gasteiger partial charge is 0.251 e. The summed E-state index contributed by atoms with van der Waals surface area (Å²) in [7, 11) is 0. The molecule has 3 aromatic carbocycles. The van der Waals surface area contributed by atoms with Crippen LogP contribution in [0.15, 0.2) is 78.9 Å². The Hall–Kier alpha value is -3.66. The lowest BCUT2D eigenvalue weighted by atomic mass is 10.1. The lowest BCUT2D eigenvalue weighted by Crippen LogP contribution is -2.27. The molecule has 4 nitrogen and oxygen atoms in total. The Bertz CT molecular complexity index is 1220. The Balaban J connectivity index is 1.47. The highest BCUT2D eigenvalue weighted by molar-refractivity contribution is 5.95. The number of aromatic nitrogens is 2. The number of nitrogens with one attached hydrogen (secondary N) is 1. The second-order valence-corrected chi connectivity index (χ2v) is 7.76. The van der Waals surface area contributed by atoms with Gasteiger partial charge in [0, 0.05) is 25.1 Å². The molecule has 1 aromatic heterocycles. The standard InChI is InChI=1S/C27H27N3O/c1-20-14-15-23(21(2)19-20)27(31)28-17-16-26-29-24-12-6-7-13-25(24)30(26)18-8-11-22-9-4-3-5-10-22/h3-15,19H,16-18H2,1-2H3,(H,28,31)/b11-8+. The lowest BCUT2D eigenvalue weighted by molar-refractivity contribution is 0.0953. The third kappa shape index (κ3) is 4.92. The minimum atomic E-state index is -0.0378. The van der Waals surface area contributed by atoms with Crippen molar-refractivity contribution in [2.75, 3.05) is 6.54 Å². The van der Waals surface area contributed by atoms with Crippen LogP contribution in [0.25, 0.3) is 17.1 Å². The second kappa shape index (κ2) is 9.43. The maximum Gasteiger partial charge on any atom is 0.251 e. The number of fused-ring (bicyclic) bond motifs is 1. The molecular weight excluding hydrogens is 382 g/mol. The third-order valence-corrected chi connectivity index (χ3v) is 5.39. The summed E-state index contributed by atoms with van der Waals surface area (Å²) < 4.78 is 2.22. The number of carbonyl (C=O) groups is 1. The third-order valence-electron chi connectivity index (χ3n) is 5.39. The Morgan fingerprint density at radius 3 is 2.58 bits per heavy atom. The van der Waals surface area contributed by atoms with Gasteiger partial charge in [-0.3, -0.25) is 4.79 Å².